The van der Waals surface area contributed by atoms with E-state index < -0.39 is 11.1 Å². The Bertz CT molecular complexity index is 731. The van der Waals surface area contributed by atoms with Gasteiger partial charge >= 0.3 is 0 Å². The van der Waals surface area contributed by atoms with Crippen molar-refractivity contribution in [3.8, 4) is 0 Å². The second-order valence-electron chi connectivity index (χ2n) is 3.39. The van der Waals surface area contributed by atoms with Crippen LogP contribution in [0.5, 0.6) is 0 Å². The van der Waals surface area contributed by atoms with E-state index in [2.05, 4.69) is 15.3 Å². The molecule has 0 amide bonds. The third-order valence-corrected chi connectivity index (χ3v) is 3.45. The Morgan fingerprint density at radius 2 is 1.76 bits per heavy atom. The van der Waals surface area contributed by atoms with Gasteiger partial charge in [0.15, 0.2) is 0 Å². The van der Waals surface area contributed by atoms with Gasteiger partial charge in [-0.1, -0.05) is 46.4 Å². The molecule has 0 radical (unpaired) electrons. The van der Waals surface area contributed by atoms with Crippen molar-refractivity contribution in [3.63, 3.8) is 0 Å². The van der Waals surface area contributed by atoms with Crippen LogP contribution in [0.25, 0.3) is 0 Å². The molecule has 7 nitrogen and oxygen atoms in total. The molecule has 1 N–H and O–H groups in total. The van der Waals surface area contributed by atoms with Crippen molar-refractivity contribution in [2.24, 2.45) is 0 Å². The second-order valence-corrected chi connectivity index (χ2v) is 4.96. The van der Waals surface area contributed by atoms with E-state index in [0.29, 0.717) is 0 Å². The van der Waals surface area contributed by atoms with Gasteiger partial charge in [-0.15, -0.1) is 0 Å². The van der Waals surface area contributed by atoms with E-state index in [-0.39, 0.29) is 26.8 Å². The van der Waals surface area contributed by atoms with Crippen molar-refractivity contribution in [3.05, 3.63) is 53.2 Å². The van der Waals surface area contributed by atoms with Crippen LogP contribution in [0.4, 0.5) is 0 Å². The van der Waals surface area contributed by atoms with E-state index in [0.717, 1.165) is 4.68 Å². The maximum atomic E-state index is 11.2. The van der Waals surface area contributed by atoms with Crippen LogP contribution in [0.3, 0.4) is 0 Å². The summed E-state index contributed by atoms with van der Waals surface area (Å²) in [6, 6.07) is 0. The van der Waals surface area contributed by atoms with Crippen LogP contribution < -0.4 is 11.1 Å². The predicted octanol–water partition coefficient (Wildman–Crippen LogP) is 2.23. The molecule has 0 aliphatic carbocycles. The Hall–Kier alpha value is -1.12. The van der Waals surface area contributed by atoms with Crippen LogP contribution in [0, 0.1) is 0 Å². The number of nitrogens with zero attached hydrogens (tertiary/aromatic N) is 3. The molecule has 0 bridgehead atoms. The zero-order chi connectivity index (χ0) is 16.0. The van der Waals surface area contributed by atoms with Gasteiger partial charge in [-0.25, -0.2) is 9.78 Å². The van der Waals surface area contributed by atoms with Crippen molar-refractivity contribution in [2.45, 2.75) is 6.73 Å². The number of aromatic nitrogens is 4. The van der Waals surface area contributed by atoms with Gasteiger partial charge in [0, 0.05) is 7.11 Å². The highest BCUT2D eigenvalue weighted by Gasteiger charge is 2.05. The van der Waals surface area contributed by atoms with Gasteiger partial charge in [0.1, 0.15) is 16.8 Å². The van der Waals surface area contributed by atoms with Crippen LogP contribution in [0.1, 0.15) is 0 Å². The molecule has 21 heavy (non-hydrogen) atoms. The van der Waals surface area contributed by atoms with Gasteiger partial charge in [0.05, 0.1) is 22.4 Å². The predicted molar refractivity (Wildman–Crippen MR) is 80.4 cm³/mol. The topological polar surface area (TPSA) is 89.9 Å². The molecule has 2 heterocycles. The smallest absolute Gasteiger partial charge is 0.289 e. The molecule has 2 rings (SSSR count). The first-order valence-corrected chi connectivity index (χ1v) is 6.68. The van der Waals surface area contributed by atoms with E-state index in [1.54, 1.807) is 0 Å². The first kappa shape index (κ1) is 17.9. The molecule has 0 aliphatic heterocycles. The Labute approximate surface area is 138 Å². The largest absolute Gasteiger partial charge is 0.362 e. The average Bonchev–Trinajstić information content (AvgIpc) is 2.46. The lowest BCUT2D eigenvalue weighted by Gasteiger charge is -2.02. The Kier molecular flexibility index (Phi) is 7.13. The van der Waals surface area contributed by atoms with E-state index in [4.69, 9.17) is 51.1 Å². The number of H-pyrrole nitrogens is 1. The van der Waals surface area contributed by atoms with Crippen LogP contribution in [0.2, 0.25) is 20.1 Å². The maximum absolute atomic E-state index is 11.2. The molecule has 0 saturated carbocycles. The molecule has 0 spiro atoms. The quantitative estimate of drug-likeness (QED) is 0.871. The number of aromatic amines is 1. The van der Waals surface area contributed by atoms with Gasteiger partial charge in [0.25, 0.3) is 11.1 Å². The van der Waals surface area contributed by atoms with Crippen LogP contribution in [-0.4, -0.2) is 27.1 Å². The third kappa shape index (κ3) is 4.98. The standard InChI is InChI=1S/C6H6Cl2N2O2.C4H2Cl2N2O/c1-12-3-10-6(11)5(8)4(7)2-9-10;5-2-1-7-8-4(9)3(2)6/h2H,3H2,1H3;1H,(H,8,9). The van der Waals surface area contributed by atoms with Crippen LogP contribution in [0.15, 0.2) is 22.0 Å². The number of nitrogens with one attached hydrogen (secondary N) is 1. The van der Waals surface area contributed by atoms with Gasteiger partial charge in [-0.05, 0) is 0 Å². The molecule has 0 unspecified atom stereocenters. The Morgan fingerprint density at radius 1 is 1.14 bits per heavy atom. The second kappa shape index (κ2) is 8.35. The zero-order valence-electron chi connectivity index (χ0n) is 10.4. The molecule has 0 atom stereocenters. The summed E-state index contributed by atoms with van der Waals surface area (Å²) in [5.41, 5.74) is -0.921. The lowest BCUT2D eigenvalue weighted by Crippen LogP contribution is -2.23. The fourth-order valence-electron chi connectivity index (χ4n) is 1.02. The lowest BCUT2D eigenvalue weighted by molar-refractivity contribution is 0.116. The molecule has 11 heteroatoms. The first-order chi connectivity index (χ1) is 9.88. The van der Waals surface area contributed by atoms with Crippen molar-refractivity contribution in [2.75, 3.05) is 7.11 Å². The molecule has 0 fully saturated rings. The number of rotatable bonds is 2. The highest BCUT2D eigenvalue weighted by atomic mass is 35.5. The number of methoxy groups -OCH3 is 1. The molecular weight excluding hydrogens is 366 g/mol. The van der Waals surface area contributed by atoms with E-state index in [9.17, 15) is 9.59 Å². The number of ether oxygens (including phenoxy) is 1. The van der Waals surface area contributed by atoms with Gasteiger partial charge in [0.2, 0.25) is 0 Å². The average molecular weight is 374 g/mol. The highest BCUT2D eigenvalue weighted by molar-refractivity contribution is 6.42. The molecular formula is C10H8Cl4N4O3. The molecule has 114 valence electrons. The minimum atomic E-state index is -0.468. The summed E-state index contributed by atoms with van der Waals surface area (Å²) in [5.74, 6) is 0. The summed E-state index contributed by atoms with van der Waals surface area (Å²) in [6.07, 6.45) is 2.57. The Morgan fingerprint density at radius 3 is 2.29 bits per heavy atom. The summed E-state index contributed by atoms with van der Waals surface area (Å²) < 4.78 is 5.78. The molecule has 2 aromatic rings. The normalized spacial score (nSPS) is 9.95. The maximum Gasteiger partial charge on any atom is 0.289 e. The molecule has 0 aliphatic rings. The Balaban J connectivity index is 0.000000219. The molecule has 2 aromatic heterocycles. The molecule has 0 aromatic carbocycles. The van der Waals surface area contributed by atoms with Crippen LogP contribution >= 0.6 is 46.4 Å². The summed E-state index contributed by atoms with van der Waals surface area (Å²) in [6.45, 7) is 0.0652. The van der Waals surface area contributed by atoms with Crippen molar-refractivity contribution in [1.82, 2.24) is 20.0 Å². The van der Waals surface area contributed by atoms with Crippen molar-refractivity contribution >= 4 is 46.4 Å². The number of hydrogen-bond acceptors (Lipinski definition) is 5. The van der Waals surface area contributed by atoms with Gasteiger partial charge < -0.3 is 4.74 Å². The number of halogens is 4. The summed E-state index contributed by atoms with van der Waals surface area (Å²) >= 11 is 21.9. The van der Waals surface area contributed by atoms with E-state index in [1.165, 1.54) is 19.5 Å². The minimum Gasteiger partial charge on any atom is -0.362 e. The first-order valence-electron chi connectivity index (χ1n) is 5.17. The summed E-state index contributed by atoms with van der Waals surface area (Å²) in [4.78, 5) is 21.7. The SMILES string of the molecule is COCn1ncc(Cl)c(Cl)c1=O.O=c1[nH]ncc(Cl)c1Cl. The fourth-order valence-corrected chi connectivity index (χ4v) is 1.52. The van der Waals surface area contributed by atoms with E-state index >= 15 is 0 Å². The number of hydrogen-bond donors (Lipinski definition) is 1. The highest BCUT2D eigenvalue weighted by Crippen LogP contribution is 2.14. The summed E-state index contributed by atoms with van der Waals surface area (Å²) in [5, 5.41) is 9.45. The molecule has 0 saturated heterocycles. The fraction of sp³-hybridized carbons (Fsp3) is 0.200. The van der Waals surface area contributed by atoms with Crippen molar-refractivity contribution < 1.29 is 4.74 Å². The van der Waals surface area contributed by atoms with Crippen molar-refractivity contribution in [1.29, 1.82) is 0 Å². The lowest BCUT2D eigenvalue weighted by atomic mass is 10.6. The van der Waals surface area contributed by atoms with Gasteiger partial charge in [-0.2, -0.15) is 10.2 Å². The third-order valence-electron chi connectivity index (χ3n) is 1.95. The van der Waals surface area contributed by atoms with Gasteiger partial charge in [-0.3, -0.25) is 9.59 Å². The van der Waals surface area contributed by atoms with E-state index in [1.807, 2.05) is 0 Å². The zero-order valence-corrected chi connectivity index (χ0v) is 13.5. The summed E-state index contributed by atoms with van der Waals surface area (Å²) in [7, 11) is 1.45. The monoisotopic (exact) mass is 372 g/mol. The van der Waals surface area contributed by atoms with Crippen LogP contribution in [-0.2, 0) is 11.5 Å². The minimum absolute atomic E-state index is 0.0216.